The molecule has 0 saturated carbocycles. The van der Waals surface area contributed by atoms with Crippen molar-refractivity contribution in [3.8, 4) is 0 Å². The van der Waals surface area contributed by atoms with Crippen LogP contribution in [0.15, 0.2) is 39.2 Å². The van der Waals surface area contributed by atoms with Crippen molar-refractivity contribution in [3.05, 3.63) is 56.2 Å². The Hall–Kier alpha value is -3.31. The van der Waals surface area contributed by atoms with Crippen LogP contribution in [-0.2, 0) is 32.2 Å². The lowest BCUT2D eigenvalue weighted by atomic mass is 10.2. The standard InChI is InChI=1S/C19H20N4O6S/c1-12(24)22(7-8-28-2)19-20-13(11-30-19)10-29-16(25)9-23-15-6-4-3-5-14(15)17(26)21-18(23)27/h3-6,11H,7-10H2,1-2H3,(H,21,26,27). The SMILES string of the molecule is COCCN(C(C)=O)c1nc(COC(=O)Cn2c(=O)[nH]c(=O)c3ccccc32)cs1. The first-order valence-corrected chi connectivity index (χ1v) is 9.87. The van der Waals surface area contributed by atoms with Crippen LogP contribution in [0.3, 0.4) is 0 Å². The van der Waals surface area contributed by atoms with Crippen molar-refractivity contribution >= 4 is 39.2 Å². The second-order valence-electron chi connectivity index (χ2n) is 6.31. The maximum Gasteiger partial charge on any atom is 0.329 e. The number of fused-ring (bicyclic) bond motifs is 1. The first kappa shape index (κ1) is 21.4. The number of anilines is 1. The quantitative estimate of drug-likeness (QED) is 0.524. The second kappa shape index (κ2) is 9.46. The lowest BCUT2D eigenvalue weighted by Crippen LogP contribution is -2.32. The predicted molar refractivity (Wildman–Crippen MR) is 111 cm³/mol. The number of thiazole rings is 1. The number of hydrogen-bond donors (Lipinski definition) is 1. The lowest BCUT2D eigenvalue weighted by Gasteiger charge is -2.16. The molecule has 0 fully saturated rings. The van der Waals surface area contributed by atoms with Crippen molar-refractivity contribution in [3.63, 3.8) is 0 Å². The van der Waals surface area contributed by atoms with Gasteiger partial charge >= 0.3 is 11.7 Å². The van der Waals surface area contributed by atoms with Gasteiger partial charge in [0.25, 0.3) is 5.56 Å². The fraction of sp³-hybridized carbons (Fsp3) is 0.316. The minimum absolute atomic E-state index is 0.110. The minimum atomic E-state index is -0.693. The number of amides is 1. The number of aromatic amines is 1. The number of methoxy groups -OCH3 is 1. The summed E-state index contributed by atoms with van der Waals surface area (Å²) < 4.78 is 11.4. The molecule has 0 saturated heterocycles. The molecular formula is C19H20N4O6S. The molecule has 2 heterocycles. The zero-order valence-electron chi connectivity index (χ0n) is 16.4. The number of aromatic nitrogens is 3. The van der Waals surface area contributed by atoms with Crippen molar-refractivity contribution in [2.75, 3.05) is 25.2 Å². The Bertz CT molecular complexity index is 1180. The summed E-state index contributed by atoms with van der Waals surface area (Å²) in [5.41, 5.74) is -0.388. The van der Waals surface area contributed by atoms with Crippen molar-refractivity contribution in [2.45, 2.75) is 20.1 Å². The molecule has 1 N–H and O–H groups in total. The van der Waals surface area contributed by atoms with Crippen molar-refractivity contribution in [1.82, 2.24) is 14.5 Å². The number of carbonyl (C=O) groups is 2. The largest absolute Gasteiger partial charge is 0.458 e. The van der Waals surface area contributed by atoms with E-state index in [0.29, 0.717) is 34.9 Å². The molecule has 0 radical (unpaired) electrons. The van der Waals surface area contributed by atoms with Gasteiger partial charge in [0.2, 0.25) is 5.91 Å². The Kier molecular flexibility index (Phi) is 6.75. The summed E-state index contributed by atoms with van der Waals surface area (Å²) in [6.45, 7) is 1.69. The maximum absolute atomic E-state index is 12.3. The summed E-state index contributed by atoms with van der Waals surface area (Å²) in [5, 5.41) is 2.47. The number of hydrogen-bond acceptors (Lipinski definition) is 8. The van der Waals surface area contributed by atoms with E-state index in [9.17, 15) is 19.2 Å². The van der Waals surface area contributed by atoms with Gasteiger partial charge in [0.15, 0.2) is 5.13 Å². The molecule has 0 unspecified atom stereocenters. The molecule has 1 amide bonds. The highest BCUT2D eigenvalue weighted by Crippen LogP contribution is 2.21. The fourth-order valence-electron chi connectivity index (χ4n) is 2.79. The average molecular weight is 432 g/mol. The Morgan fingerprint density at radius 3 is 2.77 bits per heavy atom. The first-order valence-electron chi connectivity index (χ1n) is 8.99. The summed E-state index contributed by atoms with van der Waals surface area (Å²) in [6, 6.07) is 6.49. The summed E-state index contributed by atoms with van der Waals surface area (Å²) in [5.74, 6) is -0.832. The van der Waals surface area contributed by atoms with Gasteiger partial charge < -0.3 is 9.47 Å². The number of carbonyl (C=O) groups excluding carboxylic acids is 2. The van der Waals surface area contributed by atoms with Crippen molar-refractivity contribution in [2.24, 2.45) is 0 Å². The van der Waals surface area contributed by atoms with Gasteiger partial charge in [-0.3, -0.25) is 28.8 Å². The number of nitrogens with one attached hydrogen (secondary N) is 1. The number of benzene rings is 1. The van der Waals surface area contributed by atoms with Crippen LogP contribution in [0.1, 0.15) is 12.6 Å². The summed E-state index contributed by atoms with van der Waals surface area (Å²) in [6.07, 6.45) is 0. The van der Waals surface area contributed by atoms with E-state index in [0.717, 1.165) is 4.57 Å². The summed E-state index contributed by atoms with van der Waals surface area (Å²) in [4.78, 5) is 56.1. The van der Waals surface area contributed by atoms with Crippen LogP contribution in [0.25, 0.3) is 10.9 Å². The van der Waals surface area contributed by atoms with Crippen molar-refractivity contribution in [1.29, 1.82) is 0 Å². The third-order valence-electron chi connectivity index (χ3n) is 4.24. The molecule has 30 heavy (non-hydrogen) atoms. The second-order valence-corrected chi connectivity index (χ2v) is 7.14. The van der Waals surface area contributed by atoms with Crippen LogP contribution in [0.2, 0.25) is 0 Å². The molecule has 0 atom stereocenters. The molecule has 0 aliphatic rings. The monoisotopic (exact) mass is 432 g/mol. The maximum atomic E-state index is 12.3. The third kappa shape index (κ3) is 4.81. The van der Waals surface area contributed by atoms with E-state index in [1.54, 1.807) is 36.8 Å². The van der Waals surface area contributed by atoms with Gasteiger partial charge in [0.05, 0.1) is 29.7 Å². The lowest BCUT2D eigenvalue weighted by molar-refractivity contribution is -0.145. The number of esters is 1. The van der Waals surface area contributed by atoms with Crippen LogP contribution in [0, 0.1) is 0 Å². The fourth-order valence-corrected chi connectivity index (χ4v) is 3.66. The van der Waals surface area contributed by atoms with Gasteiger partial charge in [0.1, 0.15) is 13.2 Å². The van der Waals surface area contributed by atoms with Crippen LogP contribution in [0.4, 0.5) is 5.13 Å². The molecule has 2 aromatic heterocycles. The van der Waals surface area contributed by atoms with Crippen LogP contribution >= 0.6 is 11.3 Å². The number of H-pyrrole nitrogens is 1. The topological polar surface area (TPSA) is 124 Å². The highest BCUT2D eigenvalue weighted by atomic mass is 32.1. The zero-order valence-corrected chi connectivity index (χ0v) is 17.2. The Labute approximate surface area is 174 Å². The van der Waals surface area contributed by atoms with Crippen LogP contribution in [0.5, 0.6) is 0 Å². The molecule has 10 nitrogen and oxygen atoms in total. The molecular weight excluding hydrogens is 412 g/mol. The van der Waals surface area contributed by atoms with Crippen molar-refractivity contribution < 1.29 is 19.1 Å². The Morgan fingerprint density at radius 1 is 1.27 bits per heavy atom. The average Bonchev–Trinajstić information content (AvgIpc) is 3.18. The molecule has 1 aromatic carbocycles. The number of nitrogens with zero attached hydrogens (tertiary/aromatic N) is 3. The van der Waals surface area contributed by atoms with E-state index in [4.69, 9.17) is 9.47 Å². The van der Waals surface area contributed by atoms with Crippen LogP contribution in [-0.4, -0.2) is 46.7 Å². The Balaban J connectivity index is 1.68. The van der Waals surface area contributed by atoms with Crippen LogP contribution < -0.4 is 16.1 Å². The van der Waals surface area contributed by atoms with E-state index < -0.39 is 17.2 Å². The summed E-state index contributed by atoms with van der Waals surface area (Å²) >= 11 is 1.25. The number of rotatable bonds is 8. The van der Waals surface area contributed by atoms with Gasteiger partial charge in [-0.05, 0) is 12.1 Å². The number of para-hydroxylation sites is 1. The minimum Gasteiger partial charge on any atom is -0.458 e. The molecule has 0 spiro atoms. The highest BCUT2D eigenvalue weighted by molar-refractivity contribution is 7.14. The molecule has 0 bridgehead atoms. The molecule has 0 aliphatic heterocycles. The highest BCUT2D eigenvalue weighted by Gasteiger charge is 2.16. The smallest absolute Gasteiger partial charge is 0.329 e. The molecule has 0 aliphatic carbocycles. The normalized spacial score (nSPS) is 10.9. The van der Waals surface area contributed by atoms with E-state index in [-0.39, 0.29) is 19.1 Å². The summed E-state index contributed by atoms with van der Waals surface area (Å²) in [7, 11) is 1.54. The first-order chi connectivity index (χ1) is 14.4. The van der Waals surface area contributed by atoms with Gasteiger partial charge in [-0.2, -0.15) is 0 Å². The van der Waals surface area contributed by atoms with E-state index in [1.807, 2.05) is 0 Å². The number of ether oxygens (including phenoxy) is 2. The molecule has 3 rings (SSSR count). The van der Waals surface area contributed by atoms with Gasteiger partial charge in [0, 0.05) is 19.4 Å². The van der Waals surface area contributed by atoms with E-state index in [1.165, 1.54) is 23.2 Å². The Morgan fingerprint density at radius 2 is 2.03 bits per heavy atom. The van der Waals surface area contributed by atoms with Gasteiger partial charge in [-0.15, -0.1) is 11.3 Å². The van der Waals surface area contributed by atoms with E-state index in [2.05, 4.69) is 9.97 Å². The van der Waals surface area contributed by atoms with E-state index >= 15 is 0 Å². The molecule has 3 aromatic rings. The molecule has 158 valence electrons. The predicted octanol–water partition coefficient (Wildman–Crippen LogP) is 0.889. The molecule has 11 heteroatoms. The third-order valence-corrected chi connectivity index (χ3v) is 5.16. The zero-order chi connectivity index (χ0) is 21.7. The van der Waals surface area contributed by atoms with Gasteiger partial charge in [-0.25, -0.2) is 9.78 Å². The van der Waals surface area contributed by atoms with Gasteiger partial charge in [-0.1, -0.05) is 12.1 Å².